The largest absolute Gasteiger partial charge is 0.286 e. The monoisotopic (exact) mass is 373 g/mol. The minimum atomic E-state index is -1.02. The molecule has 130 valence electrons. The highest BCUT2D eigenvalue weighted by atomic mass is 32.2. The van der Waals surface area contributed by atoms with Gasteiger partial charge in [-0.1, -0.05) is 54.2 Å². The Morgan fingerprint density at radius 3 is 2.32 bits per heavy atom. The molecule has 1 aliphatic heterocycles. The zero-order valence-corrected chi connectivity index (χ0v) is 15.3. The predicted octanol–water partition coefficient (Wildman–Crippen LogP) is 3.32. The summed E-state index contributed by atoms with van der Waals surface area (Å²) in [7, 11) is -1.02. The molecule has 0 radical (unpaired) electrons. The van der Waals surface area contributed by atoms with E-state index in [0.717, 1.165) is 35.1 Å². The molecule has 1 aliphatic rings. The lowest BCUT2D eigenvalue weighted by Gasteiger charge is -2.07. The molecule has 1 fully saturated rings. The van der Waals surface area contributed by atoms with Gasteiger partial charge in [-0.05, 0) is 42.5 Å². The van der Waals surface area contributed by atoms with Crippen LogP contribution < -0.4 is 5.32 Å². The first-order valence-electron chi connectivity index (χ1n) is 8.14. The number of amides is 2. The molecule has 2 unspecified atom stereocenters. The Balaban J connectivity index is 1.50. The fourth-order valence-electron chi connectivity index (χ4n) is 2.69. The topological polar surface area (TPSA) is 63.2 Å². The number of rotatable bonds is 7. The summed E-state index contributed by atoms with van der Waals surface area (Å²) >= 11 is 1.03. The summed E-state index contributed by atoms with van der Waals surface area (Å²) < 4.78 is 12.4. The summed E-state index contributed by atoms with van der Waals surface area (Å²) in [5.41, 5.74) is 2.23. The summed E-state index contributed by atoms with van der Waals surface area (Å²) in [6.07, 6.45) is 2.30. The summed E-state index contributed by atoms with van der Waals surface area (Å²) in [6, 6.07) is 17.7. The first-order chi connectivity index (χ1) is 12.1. The minimum Gasteiger partial charge on any atom is -0.286 e. The highest BCUT2D eigenvalue weighted by Crippen LogP contribution is 2.23. The molecular weight excluding hydrogens is 354 g/mol. The molecule has 1 saturated heterocycles. The summed E-state index contributed by atoms with van der Waals surface area (Å²) in [6.45, 7) is 0. The Labute approximate surface area is 153 Å². The lowest BCUT2D eigenvalue weighted by Crippen LogP contribution is -2.25. The van der Waals surface area contributed by atoms with Gasteiger partial charge >= 0.3 is 0 Å². The summed E-state index contributed by atoms with van der Waals surface area (Å²) in [4.78, 5) is 23.6. The zero-order valence-electron chi connectivity index (χ0n) is 13.6. The molecule has 0 aliphatic carbocycles. The fourth-order valence-corrected chi connectivity index (χ4v) is 4.63. The second-order valence-corrected chi connectivity index (χ2v) is 8.62. The molecule has 6 heteroatoms. The maximum atomic E-state index is 12.4. The van der Waals surface area contributed by atoms with Crippen molar-refractivity contribution in [3.05, 3.63) is 65.7 Å². The van der Waals surface area contributed by atoms with Gasteiger partial charge in [0.1, 0.15) is 0 Å². The Hall–Kier alpha value is -1.92. The molecule has 2 aromatic rings. The smallest absolute Gasteiger partial charge is 0.286 e. The van der Waals surface area contributed by atoms with Crippen LogP contribution in [0.3, 0.4) is 0 Å². The van der Waals surface area contributed by atoms with E-state index in [-0.39, 0.29) is 16.4 Å². The van der Waals surface area contributed by atoms with Crippen LogP contribution in [0.5, 0.6) is 0 Å². The molecule has 2 aromatic carbocycles. The fraction of sp³-hybridized carbons (Fsp3) is 0.263. The highest BCUT2D eigenvalue weighted by Gasteiger charge is 2.31. The quantitative estimate of drug-likeness (QED) is 0.809. The van der Waals surface area contributed by atoms with E-state index in [1.165, 1.54) is 5.56 Å². The van der Waals surface area contributed by atoms with E-state index in [9.17, 15) is 13.8 Å². The molecular formula is C19H19NO3S2. The normalized spacial score (nSPS) is 18.2. The van der Waals surface area contributed by atoms with Gasteiger partial charge in [-0.2, -0.15) is 0 Å². The number of hydrogen-bond donors (Lipinski definition) is 1. The van der Waals surface area contributed by atoms with Gasteiger partial charge < -0.3 is 0 Å². The number of hydrogen-bond acceptors (Lipinski definition) is 4. The standard InChI is InChI=1S/C19H19NO3S2/c21-18-17(24-19(22)20-18)13-15-8-10-16(11-9-15)25(23)12-4-7-14-5-2-1-3-6-14/h1-3,5-6,8-11,17H,4,7,12-13H2,(H,20,21,22). The molecule has 0 aromatic heterocycles. The van der Waals surface area contributed by atoms with Crippen LogP contribution in [-0.2, 0) is 28.4 Å². The first-order valence-corrected chi connectivity index (χ1v) is 10.3. The number of carbonyl (C=O) groups is 2. The van der Waals surface area contributed by atoms with Crippen molar-refractivity contribution in [3.8, 4) is 0 Å². The summed E-state index contributed by atoms with van der Waals surface area (Å²) in [5, 5.41) is 1.64. The lowest BCUT2D eigenvalue weighted by molar-refractivity contribution is -0.118. The van der Waals surface area contributed by atoms with E-state index < -0.39 is 10.8 Å². The maximum Gasteiger partial charge on any atom is 0.286 e. The number of carbonyl (C=O) groups excluding carboxylic acids is 2. The minimum absolute atomic E-state index is 0.233. The van der Waals surface area contributed by atoms with Gasteiger partial charge in [-0.15, -0.1) is 0 Å². The van der Waals surface area contributed by atoms with Crippen molar-refractivity contribution in [1.82, 2.24) is 5.32 Å². The molecule has 0 bridgehead atoms. The van der Waals surface area contributed by atoms with Crippen molar-refractivity contribution in [1.29, 1.82) is 0 Å². The third kappa shape index (κ3) is 5.03. The van der Waals surface area contributed by atoms with Gasteiger partial charge in [0.25, 0.3) is 5.24 Å². The molecule has 25 heavy (non-hydrogen) atoms. The molecule has 2 amide bonds. The molecule has 2 atom stereocenters. The Morgan fingerprint density at radius 1 is 0.960 bits per heavy atom. The average Bonchev–Trinajstić information content (AvgIpc) is 2.93. The zero-order chi connectivity index (χ0) is 17.6. The molecule has 1 N–H and O–H groups in total. The van der Waals surface area contributed by atoms with Crippen LogP contribution in [0.15, 0.2) is 59.5 Å². The second-order valence-electron chi connectivity index (χ2n) is 5.87. The van der Waals surface area contributed by atoms with Crippen LogP contribution in [0, 0.1) is 0 Å². The van der Waals surface area contributed by atoms with Gasteiger partial charge in [-0.3, -0.25) is 19.1 Å². The average molecular weight is 373 g/mol. The van der Waals surface area contributed by atoms with Crippen LogP contribution in [0.2, 0.25) is 0 Å². The maximum absolute atomic E-state index is 12.4. The second kappa shape index (κ2) is 8.45. The van der Waals surface area contributed by atoms with Crippen molar-refractivity contribution in [2.45, 2.75) is 29.4 Å². The third-order valence-corrected chi connectivity index (χ3v) is 6.45. The van der Waals surface area contributed by atoms with Gasteiger partial charge in [0.15, 0.2) is 0 Å². The van der Waals surface area contributed by atoms with E-state index in [4.69, 9.17) is 0 Å². The summed E-state index contributed by atoms with van der Waals surface area (Å²) in [5.74, 6) is 0.396. The molecule has 4 nitrogen and oxygen atoms in total. The predicted molar refractivity (Wildman–Crippen MR) is 101 cm³/mol. The van der Waals surface area contributed by atoms with E-state index in [1.807, 2.05) is 42.5 Å². The number of nitrogens with one attached hydrogen (secondary N) is 1. The van der Waals surface area contributed by atoms with Crippen LogP contribution in [0.1, 0.15) is 17.5 Å². The Morgan fingerprint density at radius 2 is 1.68 bits per heavy atom. The number of thioether (sulfide) groups is 1. The van der Waals surface area contributed by atoms with Crippen molar-refractivity contribution >= 4 is 33.7 Å². The first kappa shape index (κ1) is 17.9. The van der Waals surface area contributed by atoms with E-state index in [0.29, 0.717) is 12.2 Å². The van der Waals surface area contributed by atoms with E-state index >= 15 is 0 Å². The lowest BCUT2D eigenvalue weighted by atomic mass is 10.1. The SMILES string of the molecule is O=C1NC(=O)C(Cc2ccc(S(=O)CCCc3ccccc3)cc2)S1. The van der Waals surface area contributed by atoms with Crippen molar-refractivity contribution in [2.75, 3.05) is 5.75 Å². The van der Waals surface area contributed by atoms with Crippen molar-refractivity contribution in [3.63, 3.8) is 0 Å². The molecule has 3 rings (SSSR count). The Bertz CT molecular complexity index is 775. The molecule has 0 spiro atoms. The van der Waals surface area contributed by atoms with E-state index in [2.05, 4.69) is 17.4 Å². The van der Waals surface area contributed by atoms with Gasteiger partial charge in [0, 0.05) is 10.6 Å². The number of benzene rings is 2. The Kier molecular flexibility index (Phi) is 6.04. The van der Waals surface area contributed by atoms with Gasteiger partial charge in [0.2, 0.25) is 5.91 Å². The third-order valence-electron chi connectivity index (χ3n) is 4.01. The van der Waals surface area contributed by atoms with Crippen molar-refractivity contribution in [2.24, 2.45) is 0 Å². The molecule has 0 saturated carbocycles. The van der Waals surface area contributed by atoms with Gasteiger partial charge in [-0.25, -0.2) is 0 Å². The van der Waals surface area contributed by atoms with E-state index in [1.54, 1.807) is 0 Å². The highest BCUT2D eigenvalue weighted by molar-refractivity contribution is 8.15. The van der Waals surface area contributed by atoms with Crippen LogP contribution in [-0.4, -0.2) is 26.4 Å². The number of imide groups is 1. The van der Waals surface area contributed by atoms with Gasteiger partial charge in [0.05, 0.1) is 16.0 Å². The van der Waals surface area contributed by atoms with Crippen LogP contribution in [0.4, 0.5) is 4.79 Å². The molecule has 1 heterocycles. The number of aryl methyl sites for hydroxylation is 1. The van der Waals surface area contributed by atoms with Crippen molar-refractivity contribution < 1.29 is 13.8 Å². The van der Waals surface area contributed by atoms with Crippen LogP contribution >= 0.6 is 11.8 Å². The van der Waals surface area contributed by atoms with Crippen LogP contribution in [0.25, 0.3) is 0 Å².